The van der Waals surface area contributed by atoms with Crippen molar-refractivity contribution in [3.63, 3.8) is 0 Å². The fourth-order valence-corrected chi connectivity index (χ4v) is 2.77. The molecule has 0 atom stereocenters. The molecule has 0 aliphatic carbocycles. The SMILES string of the molecule is CCCn1ccc2c(nnc3c(-c4ccccc4)cnn32)c1=O. The lowest BCUT2D eigenvalue weighted by Gasteiger charge is -2.05. The summed E-state index contributed by atoms with van der Waals surface area (Å²) in [6, 6.07) is 11.8. The van der Waals surface area contributed by atoms with Crippen molar-refractivity contribution in [2.24, 2.45) is 0 Å². The highest BCUT2D eigenvalue weighted by Crippen LogP contribution is 2.23. The van der Waals surface area contributed by atoms with Crippen LogP contribution in [0.15, 0.2) is 53.6 Å². The third kappa shape index (κ3) is 2.11. The Morgan fingerprint density at radius 1 is 1.09 bits per heavy atom. The highest BCUT2D eigenvalue weighted by atomic mass is 16.1. The Labute approximate surface area is 132 Å². The summed E-state index contributed by atoms with van der Waals surface area (Å²) in [5.41, 5.74) is 3.46. The zero-order chi connectivity index (χ0) is 15.8. The number of nitrogens with zero attached hydrogens (tertiary/aromatic N) is 5. The van der Waals surface area contributed by atoms with Gasteiger partial charge < -0.3 is 4.57 Å². The number of hydrogen-bond donors (Lipinski definition) is 0. The molecule has 0 N–H and O–H groups in total. The van der Waals surface area contributed by atoms with Gasteiger partial charge in [0.1, 0.15) is 5.52 Å². The predicted octanol–water partition coefficient (Wildman–Crippen LogP) is 2.52. The summed E-state index contributed by atoms with van der Waals surface area (Å²) in [5, 5.41) is 12.8. The van der Waals surface area contributed by atoms with Gasteiger partial charge in [-0.15, -0.1) is 10.2 Å². The van der Waals surface area contributed by atoms with Gasteiger partial charge in [-0.3, -0.25) is 4.79 Å². The highest BCUT2D eigenvalue weighted by Gasteiger charge is 2.13. The fourth-order valence-electron chi connectivity index (χ4n) is 2.77. The molecule has 0 radical (unpaired) electrons. The van der Waals surface area contributed by atoms with Gasteiger partial charge in [-0.05, 0) is 18.1 Å². The van der Waals surface area contributed by atoms with Gasteiger partial charge in [0.2, 0.25) is 0 Å². The van der Waals surface area contributed by atoms with Crippen molar-refractivity contribution in [2.75, 3.05) is 0 Å². The Morgan fingerprint density at radius 2 is 1.91 bits per heavy atom. The molecule has 114 valence electrons. The maximum atomic E-state index is 12.5. The van der Waals surface area contributed by atoms with E-state index in [1.54, 1.807) is 21.5 Å². The molecule has 3 aromatic heterocycles. The van der Waals surface area contributed by atoms with E-state index in [9.17, 15) is 4.79 Å². The molecule has 0 aliphatic heterocycles. The van der Waals surface area contributed by atoms with Crippen molar-refractivity contribution < 1.29 is 0 Å². The molecular weight excluding hydrogens is 290 g/mol. The van der Waals surface area contributed by atoms with Crippen LogP contribution in [0, 0.1) is 0 Å². The van der Waals surface area contributed by atoms with Gasteiger partial charge in [0.15, 0.2) is 11.2 Å². The van der Waals surface area contributed by atoms with Crippen molar-refractivity contribution >= 4 is 16.7 Å². The summed E-state index contributed by atoms with van der Waals surface area (Å²) in [5.74, 6) is 0. The number of benzene rings is 1. The molecule has 0 amide bonds. The molecular formula is C17H15N5O. The van der Waals surface area contributed by atoms with E-state index < -0.39 is 0 Å². The molecule has 0 aliphatic rings. The van der Waals surface area contributed by atoms with Crippen LogP contribution in [-0.2, 0) is 6.54 Å². The Morgan fingerprint density at radius 3 is 2.70 bits per heavy atom. The molecule has 0 bridgehead atoms. The Bertz CT molecular complexity index is 1050. The van der Waals surface area contributed by atoms with Gasteiger partial charge in [-0.2, -0.15) is 5.10 Å². The van der Waals surface area contributed by atoms with Crippen LogP contribution >= 0.6 is 0 Å². The number of aromatic nitrogens is 5. The fraction of sp³-hybridized carbons (Fsp3) is 0.176. The summed E-state index contributed by atoms with van der Waals surface area (Å²) < 4.78 is 3.34. The lowest BCUT2D eigenvalue weighted by Crippen LogP contribution is -2.21. The molecule has 0 spiro atoms. The number of aryl methyl sites for hydroxylation is 1. The van der Waals surface area contributed by atoms with Crippen LogP contribution in [0.5, 0.6) is 0 Å². The average molecular weight is 305 g/mol. The monoisotopic (exact) mass is 305 g/mol. The van der Waals surface area contributed by atoms with Crippen LogP contribution in [0.3, 0.4) is 0 Å². The summed E-state index contributed by atoms with van der Waals surface area (Å²) in [6.07, 6.45) is 4.44. The first-order valence-electron chi connectivity index (χ1n) is 7.58. The molecule has 0 unspecified atom stereocenters. The minimum absolute atomic E-state index is 0.129. The Kier molecular flexibility index (Phi) is 3.15. The highest BCUT2D eigenvalue weighted by molar-refractivity contribution is 5.82. The molecule has 0 saturated carbocycles. The third-order valence-corrected chi connectivity index (χ3v) is 3.88. The Balaban J connectivity index is 1.99. The van der Waals surface area contributed by atoms with Gasteiger partial charge in [0.05, 0.1) is 6.20 Å². The van der Waals surface area contributed by atoms with Crippen LogP contribution < -0.4 is 5.56 Å². The zero-order valence-electron chi connectivity index (χ0n) is 12.7. The molecule has 3 heterocycles. The van der Waals surface area contributed by atoms with Crippen molar-refractivity contribution in [2.45, 2.75) is 19.9 Å². The lowest BCUT2D eigenvalue weighted by molar-refractivity contribution is 0.656. The van der Waals surface area contributed by atoms with Crippen molar-refractivity contribution in [1.82, 2.24) is 24.4 Å². The largest absolute Gasteiger partial charge is 0.313 e. The van der Waals surface area contributed by atoms with E-state index in [1.165, 1.54) is 0 Å². The van der Waals surface area contributed by atoms with E-state index in [1.807, 2.05) is 43.3 Å². The second-order valence-corrected chi connectivity index (χ2v) is 5.41. The normalized spacial score (nSPS) is 11.3. The number of rotatable bonds is 3. The lowest BCUT2D eigenvalue weighted by atomic mass is 10.1. The van der Waals surface area contributed by atoms with E-state index in [4.69, 9.17) is 0 Å². The molecule has 0 saturated heterocycles. The molecule has 1 aromatic carbocycles. The predicted molar refractivity (Wildman–Crippen MR) is 88.3 cm³/mol. The first-order valence-corrected chi connectivity index (χ1v) is 7.58. The van der Waals surface area contributed by atoms with Crippen LogP contribution in [0.1, 0.15) is 13.3 Å². The number of fused-ring (bicyclic) bond motifs is 3. The summed E-state index contributed by atoms with van der Waals surface area (Å²) in [7, 11) is 0. The number of hydrogen-bond acceptors (Lipinski definition) is 4. The van der Waals surface area contributed by atoms with Crippen LogP contribution in [0.25, 0.3) is 27.8 Å². The van der Waals surface area contributed by atoms with Crippen LogP contribution in [0.4, 0.5) is 0 Å². The standard InChI is InChI=1S/C17H15N5O/c1-2-9-21-10-8-14-15(17(21)23)19-20-16-13(11-18-22(14)16)12-6-4-3-5-7-12/h3-8,10-11H,2,9H2,1H3. The molecule has 4 aromatic rings. The summed E-state index contributed by atoms with van der Waals surface area (Å²) in [4.78, 5) is 12.5. The Hall–Kier alpha value is -3.02. The number of pyridine rings is 1. The van der Waals surface area contributed by atoms with E-state index in [0.29, 0.717) is 23.2 Å². The second kappa shape index (κ2) is 5.31. The van der Waals surface area contributed by atoms with Gasteiger partial charge in [0, 0.05) is 18.3 Å². The average Bonchev–Trinajstić information content (AvgIpc) is 3.02. The molecule has 6 heteroatoms. The second-order valence-electron chi connectivity index (χ2n) is 5.41. The molecule has 23 heavy (non-hydrogen) atoms. The molecule has 6 nitrogen and oxygen atoms in total. The molecule has 0 fully saturated rings. The molecule has 4 rings (SSSR count). The summed E-state index contributed by atoms with van der Waals surface area (Å²) >= 11 is 0. The maximum absolute atomic E-state index is 12.5. The van der Waals surface area contributed by atoms with E-state index in [2.05, 4.69) is 15.3 Å². The first-order chi connectivity index (χ1) is 11.3. The summed E-state index contributed by atoms with van der Waals surface area (Å²) in [6.45, 7) is 2.70. The van der Waals surface area contributed by atoms with Gasteiger partial charge in [-0.25, -0.2) is 4.52 Å². The van der Waals surface area contributed by atoms with Gasteiger partial charge in [-0.1, -0.05) is 37.3 Å². The minimum atomic E-state index is -0.129. The van der Waals surface area contributed by atoms with Gasteiger partial charge in [0.25, 0.3) is 5.56 Å². The van der Waals surface area contributed by atoms with Crippen molar-refractivity contribution in [3.05, 3.63) is 59.1 Å². The topological polar surface area (TPSA) is 65.1 Å². The minimum Gasteiger partial charge on any atom is -0.313 e. The first kappa shape index (κ1) is 13.6. The van der Waals surface area contributed by atoms with Crippen LogP contribution in [-0.4, -0.2) is 24.4 Å². The van der Waals surface area contributed by atoms with E-state index in [-0.39, 0.29) is 5.56 Å². The van der Waals surface area contributed by atoms with Crippen molar-refractivity contribution in [3.8, 4) is 11.1 Å². The van der Waals surface area contributed by atoms with Gasteiger partial charge >= 0.3 is 0 Å². The maximum Gasteiger partial charge on any atom is 0.280 e. The quantitative estimate of drug-likeness (QED) is 0.583. The zero-order valence-corrected chi connectivity index (χ0v) is 12.7. The van der Waals surface area contributed by atoms with Crippen molar-refractivity contribution in [1.29, 1.82) is 0 Å². The third-order valence-electron chi connectivity index (χ3n) is 3.88. The van der Waals surface area contributed by atoms with Crippen LogP contribution in [0.2, 0.25) is 0 Å². The van der Waals surface area contributed by atoms with E-state index >= 15 is 0 Å². The smallest absolute Gasteiger partial charge is 0.280 e. The van der Waals surface area contributed by atoms with E-state index in [0.717, 1.165) is 17.5 Å².